The molecule has 1 aromatic rings. The third kappa shape index (κ3) is 2.98. The molecule has 0 aliphatic carbocycles. The van der Waals surface area contributed by atoms with Crippen LogP contribution in [0.5, 0.6) is 5.88 Å². The number of nitrogens with two attached hydrogens (primary N) is 1. The van der Waals surface area contributed by atoms with E-state index >= 15 is 0 Å². The summed E-state index contributed by atoms with van der Waals surface area (Å²) in [5, 5.41) is 0. The summed E-state index contributed by atoms with van der Waals surface area (Å²) >= 11 is 0. The van der Waals surface area contributed by atoms with Crippen LogP contribution in [-0.2, 0) is 6.54 Å². The minimum absolute atomic E-state index is 0.411. The van der Waals surface area contributed by atoms with Crippen molar-refractivity contribution in [2.75, 3.05) is 40.3 Å². The molecule has 1 atom stereocenters. The van der Waals surface area contributed by atoms with E-state index in [0.29, 0.717) is 18.5 Å². The van der Waals surface area contributed by atoms with Crippen LogP contribution >= 0.6 is 0 Å². The molecule has 0 radical (unpaired) electrons. The molecular weight excluding hydrogens is 228 g/mol. The highest BCUT2D eigenvalue weighted by molar-refractivity contribution is 5.25. The Morgan fingerprint density at radius 1 is 1.50 bits per heavy atom. The van der Waals surface area contributed by atoms with Gasteiger partial charge in [0.2, 0.25) is 5.88 Å². The summed E-state index contributed by atoms with van der Waals surface area (Å²) in [6.07, 6.45) is 1.76. The Bertz CT molecular complexity index is 385. The number of piperazine rings is 1. The van der Waals surface area contributed by atoms with E-state index in [2.05, 4.69) is 27.9 Å². The van der Waals surface area contributed by atoms with Crippen LogP contribution in [0.1, 0.15) is 5.56 Å². The fourth-order valence-electron chi connectivity index (χ4n) is 2.43. The highest BCUT2D eigenvalue weighted by atomic mass is 16.5. The maximum atomic E-state index is 5.86. The summed E-state index contributed by atoms with van der Waals surface area (Å²) in [6, 6.07) is 4.43. The van der Waals surface area contributed by atoms with Crippen LogP contribution in [0.4, 0.5) is 0 Å². The lowest BCUT2D eigenvalue weighted by Crippen LogP contribution is -2.54. The van der Waals surface area contributed by atoms with E-state index in [0.717, 1.165) is 31.7 Å². The molecule has 0 saturated carbocycles. The molecule has 100 valence electrons. The van der Waals surface area contributed by atoms with E-state index in [4.69, 9.17) is 10.5 Å². The zero-order valence-corrected chi connectivity index (χ0v) is 11.2. The molecule has 2 heterocycles. The third-order valence-electron chi connectivity index (χ3n) is 3.50. The molecule has 0 amide bonds. The lowest BCUT2D eigenvalue weighted by atomic mass is 10.1. The van der Waals surface area contributed by atoms with Gasteiger partial charge in [0.1, 0.15) is 0 Å². The van der Waals surface area contributed by atoms with Crippen molar-refractivity contribution >= 4 is 0 Å². The van der Waals surface area contributed by atoms with Gasteiger partial charge >= 0.3 is 0 Å². The monoisotopic (exact) mass is 250 g/mol. The molecular formula is C13H22N4O. The van der Waals surface area contributed by atoms with Crippen LogP contribution < -0.4 is 10.5 Å². The smallest absolute Gasteiger partial charge is 0.217 e. The SMILES string of the molecule is COc1ncccc1CN1CCN(C)CC1CN. The summed E-state index contributed by atoms with van der Waals surface area (Å²) < 4.78 is 5.30. The van der Waals surface area contributed by atoms with E-state index in [1.807, 2.05) is 6.07 Å². The third-order valence-corrected chi connectivity index (χ3v) is 3.50. The normalized spacial score (nSPS) is 22.1. The Morgan fingerprint density at radius 3 is 3.06 bits per heavy atom. The van der Waals surface area contributed by atoms with Gasteiger partial charge in [0, 0.05) is 50.5 Å². The zero-order chi connectivity index (χ0) is 13.0. The molecule has 5 heteroatoms. The maximum absolute atomic E-state index is 5.86. The number of likely N-dealkylation sites (N-methyl/N-ethyl adjacent to an activating group) is 1. The van der Waals surface area contributed by atoms with E-state index in [-0.39, 0.29) is 0 Å². The van der Waals surface area contributed by atoms with Gasteiger partial charge in [-0.1, -0.05) is 6.07 Å². The van der Waals surface area contributed by atoms with Crippen LogP contribution in [0, 0.1) is 0 Å². The lowest BCUT2D eigenvalue weighted by Gasteiger charge is -2.39. The summed E-state index contributed by atoms with van der Waals surface area (Å²) in [6.45, 7) is 4.69. The minimum atomic E-state index is 0.411. The van der Waals surface area contributed by atoms with Crippen molar-refractivity contribution in [3.63, 3.8) is 0 Å². The summed E-state index contributed by atoms with van der Waals surface area (Å²) in [4.78, 5) is 8.98. The predicted octanol–water partition coefficient (Wildman–Crippen LogP) is 0.165. The number of pyridine rings is 1. The van der Waals surface area contributed by atoms with E-state index < -0.39 is 0 Å². The van der Waals surface area contributed by atoms with Crippen molar-refractivity contribution in [3.05, 3.63) is 23.9 Å². The minimum Gasteiger partial charge on any atom is -0.481 e. The molecule has 0 spiro atoms. The molecule has 1 aromatic heterocycles. The Hall–Kier alpha value is -1.17. The molecule has 18 heavy (non-hydrogen) atoms. The Morgan fingerprint density at radius 2 is 2.33 bits per heavy atom. The average Bonchev–Trinajstić information content (AvgIpc) is 2.41. The van der Waals surface area contributed by atoms with E-state index in [9.17, 15) is 0 Å². The number of ether oxygens (including phenoxy) is 1. The zero-order valence-electron chi connectivity index (χ0n) is 11.2. The molecule has 2 rings (SSSR count). The number of methoxy groups -OCH3 is 1. The first-order valence-corrected chi connectivity index (χ1v) is 6.35. The quantitative estimate of drug-likeness (QED) is 0.825. The number of rotatable bonds is 4. The van der Waals surface area contributed by atoms with Crippen molar-refractivity contribution in [2.24, 2.45) is 5.73 Å². The van der Waals surface area contributed by atoms with Crippen molar-refractivity contribution in [2.45, 2.75) is 12.6 Å². The van der Waals surface area contributed by atoms with Gasteiger partial charge in [0.05, 0.1) is 7.11 Å². The van der Waals surface area contributed by atoms with Crippen LogP contribution in [0.25, 0.3) is 0 Å². The number of hydrogen-bond acceptors (Lipinski definition) is 5. The van der Waals surface area contributed by atoms with Gasteiger partial charge in [0.15, 0.2) is 0 Å². The second kappa shape index (κ2) is 6.13. The molecule has 1 saturated heterocycles. The molecule has 1 fully saturated rings. The standard InChI is InChI=1S/C13H22N4O/c1-16-6-7-17(12(8-14)10-16)9-11-4-3-5-15-13(11)18-2/h3-5,12H,6-10,14H2,1-2H3. The number of aromatic nitrogens is 1. The van der Waals surface area contributed by atoms with Crippen LogP contribution in [0.3, 0.4) is 0 Å². The van der Waals surface area contributed by atoms with Gasteiger partial charge < -0.3 is 15.4 Å². The van der Waals surface area contributed by atoms with E-state index in [1.54, 1.807) is 13.3 Å². The van der Waals surface area contributed by atoms with Gasteiger partial charge in [-0.05, 0) is 13.1 Å². The Labute approximate surface area is 109 Å². The van der Waals surface area contributed by atoms with E-state index in [1.165, 1.54) is 0 Å². The first-order valence-electron chi connectivity index (χ1n) is 6.35. The molecule has 2 N–H and O–H groups in total. The first kappa shape index (κ1) is 13.3. The highest BCUT2D eigenvalue weighted by Crippen LogP contribution is 2.19. The summed E-state index contributed by atoms with van der Waals surface area (Å²) in [5.74, 6) is 0.715. The van der Waals surface area contributed by atoms with Gasteiger partial charge in [-0.25, -0.2) is 4.98 Å². The maximum Gasteiger partial charge on any atom is 0.217 e. The molecule has 0 aromatic carbocycles. The largest absolute Gasteiger partial charge is 0.481 e. The molecule has 1 unspecified atom stereocenters. The van der Waals surface area contributed by atoms with Gasteiger partial charge in [-0.3, -0.25) is 4.90 Å². The second-order valence-electron chi connectivity index (χ2n) is 4.79. The fourth-order valence-corrected chi connectivity index (χ4v) is 2.43. The van der Waals surface area contributed by atoms with Crippen LogP contribution in [0.15, 0.2) is 18.3 Å². The predicted molar refractivity (Wildman–Crippen MR) is 71.5 cm³/mol. The number of nitrogens with zero attached hydrogens (tertiary/aromatic N) is 3. The van der Waals surface area contributed by atoms with Crippen LogP contribution in [0.2, 0.25) is 0 Å². The molecule has 0 bridgehead atoms. The molecule has 1 aliphatic heterocycles. The van der Waals surface area contributed by atoms with Crippen molar-refractivity contribution in [1.82, 2.24) is 14.8 Å². The number of hydrogen-bond donors (Lipinski definition) is 1. The molecule has 1 aliphatic rings. The summed E-state index contributed by atoms with van der Waals surface area (Å²) in [5.41, 5.74) is 6.99. The van der Waals surface area contributed by atoms with Crippen molar-refractivity contribution < 1.29 is 4.74 Å². The topological polar surface area (TPSA) is 54.6 Å². The highest BCUT2D eigenvalue weighted by Gasteiger charge is 2.24. The van der Waals surface area contributed by atoms with Crippen molar-refractivity contribution in [1.29, 1.82) is 0 Å². The van der Waals surface area contributed by atoms with Gasteiger partial charge in [0.25, 0.3) is 0 Å². The fraction of sp³-hybridized carbons (Fsp3) is 0.615. The van der Waals surface area contributed by atoms with Gasteiger partial charge in [-0.15, -0.1) is 0 Å². The lowest BCUT2D eigenvalue weighted by molar-refractivity contribution is 0.0872. The summed E-state index contributed by atoms with van der Waals surface area (Å²) in [7, 11) is 3.81. The van der Waals surface area contributed by atoms with Crippen molar-refractivity contribution in [3.8, 4) is 5.88 Å². The first-order chi connectivity index (χ1) is 8.74. The van der Waals surface area contributed by atoms with Gasteiger partial charge in [-0.2, -0.15) is 0 Å². The Kier molecular flexibility index (Phi) is 4.52. The second-order valence-corrected chi connectivity index (χ2v) is 4.79. The average molecular weight is 250 g/mol. The molecule has 5 nitrogen and oxygen atoms in total. The van der Waals surface area contributed by atoms with Crippen LogP contribution in [-0.4, -0.2) is 61.2 Å². The Balaban J connectivity index is 2.07.